The largest absolute Gasteiger partial charge is 0.357 e. The van der Waals surface area contributed by atoms with Gasteiger partial charge in [0.1, 0.15) is 12.4 Å². The number of carbonyl (C=O) groups is 2. The fourth-order valence-electron chi connectivity index (χ4n) is 4.72. The number of hydrogen-bond acceptors (Lipinski definition) is 3. The van der Waals surface area contributed by atoms with Crippen LogP contribution >= 0.6 is 11.6 Å². The Kier molecular flexibility index (Phi) is 6.55. The van der Waals surface area contributed by atoms with Crippen LogP contribution in [0.5, 0.6) is 0 Å². The van der Waals surface area contributed by atoms with Gasteiger partial charge in [-0.25, -0.2) is 0 Å². The Morgan fingerprint density at radius 3 is 2.20 bits per heavy atom. The maximum Gasteiger partial charge on any atom is 0.254 e. The quantitative estimate of drug-likeness (QED) is 0.419. The number of fused-ring (bicyclic) bond motifs is 1. The molecule has 3 aromatic carbocycles. The van der Waals surface area contributed by atoms with Crippen LogP contribution in [-0.2, 0) is 17.9 Å². The van der Waals surface area contributed by atoms with Gasteiger partial charge in [0.05, 0.1) is 6.54 Å². The van der Waals surface area contributed by atoms with E-state index in [1.165, 1.54) is 0 Å². The first kappa shape index (κ1) is 23.1. The third-order valence-corrected chi connectivity index (χ3v) is 6.89. The molecule has 0 saturated carbocycles. The number of likely N-dealkylation sites (tertiary alicyclic amines) is 1. The molecule has 0 aromatic heterocycles. The van der Waals surface area contributed by atoms with E-state index in [4.69, 9.17) is 17.0 Å². The van der Waals surface area contributed by atoms with Crippen molar-refractivity contribution in [1.82, 2.24) is 9.80 Å². The average molecular weight is 487 g/mol. The van der Waals surface area contributed by atoms with Crippen molar-refractivity contribution in [2.45, 2.75) is 25.9 Å². The van der Waals surface area contributed by atoms with Crippen molar-refractivity contribution in [3.63, 3.8) is 0 Å². The number of carbonyl (C=O) groups excluding carboxylic acids is 2. The Bertz CT molecular complexity index is 1250. The van der Waals surface area contributed by atoms with E-state index in [0.29, 0.717) is 29.5 Å². The van der Waals surface area contributed by atoms with Gasteiger partial charge in [-0.1, -0.05) is 54.1 Å². The first-order valence-electron chi connectivity index (χ1n) is 11.9. The number of amidine groups is 1. The van der Waals surface area contributed by atoms with Gasteiger partial charge in [-0.2, -0.15) is 0 Å². The summed E-state index contributed by atoms with van der Waals surface area (Å²) in [6.45, 7) is 2.62. The van der Waals surface area contributed by atoms with E-state index in [-0.39, 0.29) is 18.4 Å². The van der Waals surface area contributed by atoms with Crippen LogP contribution in [0.15, 0.2) is 72.8 Å². The molecule has 0 radical (unpaired) electrons. The molecule has 2 aliphatic rings. The highest BCUT2D eigenvalue weighted by atomic mass is 35.5. The first-order chi connectivity index (χ1) is 17.0. The predicted molar refractivity (Wildman–Crippen MR) is 138 cm³/mol. The summed E-state index contributed by atoms with van der Waals surface area (Å²) in [4.78, 5) is 32.0. The summed E-state index contributed by atoms with van der Waals surface area (Å²) in [6, 6.07) is 22.4. The zero-order chi connectivity index (χ0) is 24.4. The van der Waals surface area contributed by atoms with E-state index < -0.39 is 0 Å². The van der Waals surface area contributed by atoms with E-state index in [1.807, 2.05) is 48.5 Å². The number of halogens is 1. The van der Waals surface area contributed by atoms with Crippen LogP contribution in [0, 0.1) is 5.41 Å². The third-order valence-electron chi connectivity index (χ3n) is 6.64. The smallest absolute Gasteiger partial charge is 0.254 e. The molecule has 6 nitrogen and oxygen atoms in total. The Labute approximate surface area is 210 Å². The molecule has 35 heavy (non-hydrogen) atoms. The molecular formula is C28H27ClN4O2. The third kappa shape index (κ3) is 4.93. The average Bonchev–Trinajstić information content (AvgIpc) is 3.38. The summed E-state index contributed by atoms with van der Waals surface area (Å²) in [7, 11) is 0. The SMILES string of the molecule is N=C(c1ccc(CN2C(=O)CN(C(=O)c3ccc(Cl)cc3)Cc3ccccc32)cc1)N1CCCC1. The molecule has 5 rings (SSSR count). The molecule has 3 aromatic rings. The molecule has 0 aliphatic carbocycles. The molecule has 2 aliphatic heterocycles. The van der Waals surface area contributed by atoms with Crippen molar-refractivity contribution >= 4 is 34.9 Å². The fourth-order valence-corrected chi connectivity index (χ4v) is 4.84. The van der Waals surface area contributed by atoms with Gasteiger partial charge in [0.25, 0.3) is 5.91 Å². The number of amides is 2. The standard InChI is InChI=1S/C28H27ClN4O2/c29-24-13-11-22(12-14-24)28(35)32-18-23-5-1-2-6-25(23)33(26(34)19-32)17-20-7-9-21(10-8-20)27(30)31-15-3-4-16-31/h1-2,5-14,30H,3-4,15-19H2. The summed E-state index contributed by atoms with van der Waals surface area (Å²) in [6.07, 6.45) is 2.27. The van der Waals surface area contributed by atoms with Gasteiger partial charge in [0.2, 0.25) is 5.91 Å². The van der Waals surface area contributed by atoms with Crippen LogP contribution in [0.1, 0.15) is 39.9 Å². The number of benzene rings is 3. The van der Waals surface area contributed by atoms with Crippen molar-refractivity contribution in [2.24, 2.45) is 0 Å². The van der Waals surface area contributed by atoms with E-state index in [9.17, 15) is 9.59 Å². The highest BCUT2D eigenvalue weighted by molar-refractivity contribution is 6.30. The topological polar surface area (TPSA) is 67.7 Å². The molecule has 1 fully saturated rings. The fraction of sp³-hybridized carbons (Fsp3) is 0.250. The van der Waals surface area contributed by atoms with Crippen molar-refractivity contribution in [2.75, 3.05) is 24.5 Å². The first-order valence-corrected chi connectivity index (χ1v) is 12.2. The Balaban J connectivity index is 1.37. The van der Waals surface area contributed by atoms with Crippen molar-refractivity contribution in [3.8, 4) is 0 Å². The van der Waals surface area contributed by atoms with Crippen LogP contribution in [0.4, 0.5) is 5.69 Å². The number of nitrogens with one attached hydrogen (secondary N) is 1. The number of anilines is 1. The predicted octanol–water partition coefficient (Wildman–Crippen LogP) is 4.95. The zero-order valence-corrected chi connectivity index (χ0v) is 20.2. The minimum atomic E-state index is -0.198. The van der Waals surface area contributed by atoms with E-state index in [2.05, 4.69) is 4.90 Å². The molecule has 1 N–H and O–H groups in total. The molecule has 0 unspecified atom stereocenters. The lowest BCUT2D eigenvalue weighted by atomic mass is 10.1. The highest BCUT2D eigenvalue weighted by Gasteiger charge is 2.29. The zero-order valence-electron chi connectivity index (χ0n) is 19.4. The lowest BCUT2D eigenvalue weighted by Gasteiger charge is -2.24. The van der Waals surface area contributed by atoms with Crippen LogP contribution in [-0.4, -0.2) is 47.1 Å². The molecular weight excluding hydrogens is 460 g/mol. The lowest BCUT2D eigenvalue weighted by molar-refractivity contribution is -0.119. The van der Waals surface area contributed by atoms with E-state index in [1.54, 1.807) is 34.1 Å². The number of hydrogen-bond donors (Lipinski definition) is 1. The number of rotatable bonds is 4. The van der Waals surface area contributed by atoms with Gasteiger partial charge in [0.15, 0.2) is 0 Å². The van der Waals surface area contributed by atoms with Crippen LogP contribution in [0.2, 0.25) is 5.02 Å². The van der Waals surface area contributed by atoms with Gasteiger partial charge in [-0.15, -0.1) is 0 Å². The summed E-state index contributed by atoms with van der Waals surface area (Å²) >= 11 is 5.97. The highest BCUT2D eigenvalue weighted by Crippen LogP contribution is 2.28. The maximum atomic E-state index is 13.4. The van der Waals surface area contributed by atoms with Crippen LogP contribution in [0.3, 0.4) is 0 Å². The number of para-hydroxylation sites is 1. The Hall–Kier alpha value is -3.64. The molecule has 2 heterocycles. The second-order valence-corrected chi connectivity index (χ2v) is 9.45. The molecule has 1 saturated heterocycles. The van der Waals surface area contributed by atoms with Crippen LogP contribution < -0.4 is 4.90 Å². The van der Waals surface area contributed by atoms with Gasteiger partial charge in [-0.05, 0) is 54.3 Å². The van der Waals surface area contributed by atoms with Gasteiger partial charge < -0.3 is 14.7 Å². The van der Waals surface area contributed by atoms with Gasteiger partial charge >= 0.3 is 0 Å². The summed E-state index contributed by atoms with van der Waals surface area (Å²) in [5.41, 5.74) is 4.11. The van der Waals surface area contributed by atoms with Gasteiger partial charge in [0, 0.05) is 41.5 Å². The summed E-state index contributed by atoms with van der Waals surface area (Å²) < 4.78 is 0. The Morgan fingerprint density at radius 1 is 0.829 bits per heavy atom. The summed E-state index contributed by atoms with van der Waals surface area (Å²) in [5, 5.41) is 9.03. The van der Waals surface area contributed by atoms with Crippen molar-refractivity contribution in [1.29, 1.82) is 5.41 Å². The molecule has 7 heteroatoms. The summed E-state index contributed by atoms with van der Waals surface area (Å²) in [5.74, 6) is 0.226. The number of nitrogens with zero attached hydrogens (tertiary/aromatic N) is 3. The second-order valence-electron chi connectivity index (χ2n) is 9.02. The van der Waals surface area contributed by atoms with Gasteiger partial charge in [-0.3, -0.25) is 15.0 Å². The minimum Gasteiger partial charge on any atom is -0.357 e. The normalized spacial score (nSPS) is 15.7. The molecule has 0 atom stereocenters. The lowest BCUT2D eigenvalue weighted by Crippen LogP contribution is -2.39. The van der Waals surface area contributed by atoms with E-state index in [0.717, 1.165) is 48.3 Å². The molecule has 178 valence electrons. The maximum absolute atomic E-state index is 13.4. The van der Waals surface area contributed by atoms with E-state index >= 15 is 0 Å². The Morgan fingerprint density at radius 2 is 1.49 bits per heavy atom. The van der Waals surface area contributed by atoms with Crippen molar-refractivity contribution < 1.29 is 9.59 Å². The molecule has 2 amide bonds. The van der Waals surface area contributed by atoms with Crippen molar-refractivity contribution in [3.05, 3.63) is 100 Å². The molecule has 0 bridgehead atoms. The minimum absolute atomic E-state index is 0.00612. The molecule has 0 spiro atoms. The monoisotopic (exact) mass is 486 g/mol. The second kappa shape index (κ2) is 9.92. The van der Waals surface area contributed by atoms with Crippen LogP contribution in [0.25, 0.3) is 0 Å².